The molecule has 1 aromatic heterocycles. The summed E-state index contributed by atoms with van der Waals surface area (Å²) in [5.41, 5.74) is 5.18. The molecule has 6 heteroatoms. The van der Waals surface area contributed by atoms with Crippen LogP contribution in [0.25, 0.3) is 0 Å². The highest BCUT2D eigenvalue weighted by molar-refractivity contribution is 9.10. The van der Waals surface area contributed by atoms with E-state index in [1.807, 2.05) is 23.4 Å². The zero-order valence-electron chi connectivity index (χ0n) is 11.5. The summed E-state index contributed by atoms with van der Waals surface area (Å²) in [7, 11) is 0. The van der Waals surface area contributed by atoms with Crippen LogP contribution in [0.3, 0.4) is 0 Å². The molecule has 0 saturated heterocycles. The van der Waals surface area contributed by atoms with Crippen molar-refractivity contribution in [1.82, 2.24) is 15.2 Å². The molecule has 0 aliphatic rings. The van der Waals surface area contributed by atoms with E-state index < -0.39 is 0 Å². The summed E-state index contributed by atoms with van der Waals surface area (Å²) in [5.74, 6) is 6.66. The summed E-state index contributed by atoms with van der Waals surface area (Å²) in [5, 5.41) is 5.13. The summed E-state index contributed by atoms with van der Waals surface area (Å²) in [6, 6.07) is 0.273. The summed E-state index contributed by atoms with van der Waals surface area (Å²) in [6.07, 6.45) is 0.894. The topological polar surface area (TPSA) is 55.9 Å². The second kappa shape index (κ2) is 7.53. The SMILES string of the molecule is CCn1nc(C)c(Br)c1CC(CSC(C)C)NN. The minimum absolute atomic E-state index is 0.273. The zero-order chi connectivity index (χ0) is 13.7. The van der Waals surface area contributed by atoms with Crippen molar-refractivity contribution < 1.29 is 0 Å². The first-order chi connectivity index (χ1) is 8.49. The van der Waals surface area contributed by atoms with E-state index in [0.29, 0.717) is 5.25 Å². The second-order valence-electron chi connectivity index (χ2n) is 4.61. The van der Waals surface area contributed by atoms with Gasteiger partial charge in [0.05, 0.1) is 15.9 Å². The first kappa shape index (κ1) is 16.0. The van der Waals surface area contributed by atoms with Crippen molar-refractivity contribution in [3.8, 4) is 0 Å². The van der Waals surface area contributed by atoms with Gasteiger partial charge in [-0.25, -0.2) is 0 Å². The maximum atomic E-state index is 5.65. The van der Waals surface area contributed by atoms with Gasteiger partial charge < -0.3 is 0 Å². The molecule has 0 spiro atoms. The maximum absolute atomic E-state index is 5.65. The fraction of sp³-hybridized carbons (Fsp3) is 0.750. The number of thioether (sulfide) groups is 1. The average Bonchev–Trinajstić information content (AvgIpc) is 2.61. The molecule has 0 fully saturated rings. The van der Waals surface area contributed by atoms with Crippen LogP contribution >= 0.6 is 27.7 Å². The lowest BCUT2D eigenvalue weighted by Gasteiger charge is -2.17. The lowest BCUT2D eigenvalue weighted by molar-refractivity contribution is 0.533. The quantitative estimate of drug-likeness (QED) is 0.594. The van der Waals surface area contributed by atoms with Crippen molar-refractivity contribution in [2.24, 2.45) is 5.84 Å². The Bertz CT molecular complexity index is 378. The molecule has 1 rings (SSSR count). The van der Waals surface area contributed by atoms with Crippen molar-refractivity contribution in [1.29, 1.82) is 0 Å². The molecule has 0 aromatic carbocycles. The van der Waals surface area contributed by atoms with Crippen LogP contribution in [0.5, 0.6) is 0 Å². The van der Waals surface area contributed by atoms with Crippen molar-refractivity contribution in [2.45, 2.75) is 52.0 Å². The van der Waals surface area contributed by atoms with Crippen LogP contribution in [0.4, 0.5) is 0 Å². The highest BCUT2D eigenvalue weighted by atomic mass is 79.9. The van der Waals surface area contributed by atoms with Crippen LogP contribution in [0, 0.1) is 6.92 Å². The van der Waals surface area contributed by atoms with Crippen LogP contribution in [0.2, 0.25) is 0 Å². The van der Waals surface area contributed by atoms with Crippen LogP contribution in [0.15, 0.2) is 4.47 Å². The van der Waals surface area contributed by atoms with Gasteiger partial charge in [0.25, 0.3) is 0 Å². The Hall–Kier alpha value is -0.0400. The molecule has 18 heavy (non-hydrogen) atoms. The van der Waals surface area contributed by atoms with Gasteiger partial charge in [-0.2, -0.15) is 16.9 Å². The number of hydrazine groups is 1. The Morgan fingerprint density at radius 1 is 1.50 bits per heavy atom. The number of nitrogens with one attached hydrogen (secondary N) is 1. The molecular formula is C12H23BrN4S. The van der Waals surface area contributed by atoms with E-state index >= 15 is 0 Å². The molecular weight excluding hydrogens is 312 g/mol. The van der Waals surface area contributed by atoms with E-state index in [-0.39, 0.29) is 6.04 Å². The summed E-state index contributed by atoms with van der Waals surface area (Å²) in [6.45, 7) is 9.42. The molecule has 0 aliphatic heterocycles. The first-order valence-electron chi connectivity index (χ1n) is 6.29. The lowest BCUT2D eigenvalue weighted by Crippen LogP contribution is -2.39. The molecule has 0 saturated carbocycles. The normalized spacial score (nSPS) is 13.3. The maximum Gasteiger partial charge on any atom is 0.0738 e. The number of nitrogens with two attached hydrogens (primary N) is 1. The molecule has 3 N–H and O–H groups in total. The first-order valence-corrected chi connectivity index (χ1v) is 8.13. The average molecular weight is 335 g/mol. The summed E-state index contributed by atoms with van der Waals surface area (Å²) >= 11 is 5.54. The van der Waals surface area contributed by atoms with Gasteiger partial charge in [0.2, 0.25) is 0 Å². The number of nitrogens with zero attached hydrogens (tertiary/aromatic N) is 2. The molecule has 0 radical (unpaired) electrons. The van der Waals surface area contributed by atoms with Gasteiger partial charge in [-0.15, -0.1) is 0 Å². The van der Waals surface area contributed by atoms with E-state index in [9.17, 15) is 0 Å². The minimum atomic E-state index is 0.273. The Morgan fingerprint density at radius 2 is 2.17 bits per heavy atom. The Morgan fingerprint density at radius 3 is 2.67 bits per heavy atom. The van der Waals surface area contributed by atoms with Gasteiger partial charge >= 0.3 is 0 Å². The number of aryl methyl sites for hydroxylation is 2. The molecule has 1 unspecified atom stereocenters. The van der Waals surface area contributed by atoms with Gasteiger partial charge in [0.15, 0.2) is 0 Å². The van der Waals surface area contributed by atoms with Gasteiger partial charge in [-0.3, -0.25) is 16.0 Å². The Labute approximate surface area is 122 Å². The fourth-order valence-corrected chi connectivity index (χ4v) is 3.05. The molecule has 0 amide bonds. The van der Waals surface area contributed by atoms with Gasteiger partial charge in [-0.05, 0) is 35.0 Å². The van der Waals surface area contributed by atoms with Crippen molar-refractivity contribution in [3.63, 3.8) is 0 Å². The van der Waals surface area contributed by atoms with Crippen molar-refractivity contribution in [2.75, 3.05) is 5.75 Å². The lowest BCUT2D eigenvalue weighted by atomic mass is 10.2. The van der Waals surface area contributed by atoms with Gasteiger partial charge in [0.1, 0.15) is 0 Å². The number of aromatic nitrogens is 2. The van der Waals surface area contributed by atoms with Crippen LogP contribution in [-0.2, 0) is 13.0 Å². The van der Waals surface area contributed by atoms with Crippen molar-refractivity contribution >= 4 is 27.7 Å². The third-order valence-corrected chi connectivity index (χ3v) is 5.05. The predicted octanol–water partition coefficient (Wildman–Crippen LogP) is 2.49. The molecule has 1 aromatic rings. The Balaban J connectivity index is 2.74. The van der Waals surface area contributed by atoms with E-state index in [2.05, 4.69) is 47.2 Å². The standard InChI is InChI=1S/C12H23BrN4S/c1-5-17-11(12(13)9(4)16-17)6-10(15-14)7-18-8(2)3/h8,10,15H,5-7,14H2,1-4H3. The number of rotatable bonds is 7. The largest absolute Gasteiger partial charge is 0.271 e. The van der Waals surface area contributed by atoms with E-state index in [1.165, 1.54) is 5.69 Å². The second-order valence-corrected chi connectivity index (χ2v) is 7.01. The van der Waals surface area contributed by atoms with Crippen LogP contribution < -0.4 is 11.3 Å². The third kappa shape index (κ3) is 4.26. The number of halogens is 1. The molecule has 1 atom stereocenters. The minimum Gasteiger partial charge on any atom is -0.271 e. The number of hydrogen-bond donors (Lipinski definition) is 2. The molecule has 0 bridgehead atoms. The fourth-order valence-electron chi connectivity index (χ4n) is 1.77. The van der Waals surface area contributed by atoms with E-state index in [1.54, 1.807) is 0 Å². The molecule has 0 aliphatic carbocycles. The zero-order valence-corrected chi connectivity index (χ0v) is 13.9. The van der Waals surface area contributed by atoms with Gasteiger partial charge in [-0.1, -0.05) is 13.8 Å². The Kier molecular flexibility index (Phi) is 6.70. The monoisotopic (exact) mass is 334 g/mol. The molecule has 104 valence electrons. The van der Waals surface area contributed by atoms with E-state index in [4.69, 9.17) is 5.84 Å². The highest BCUT2D eigenvalue weighted by Crippen LogP contribution is 2.23. The molecule has 1 heterocycles. The van der Waals surface area contributed by atoms with Gasteiger partial charge in [0, 0.05) is 24.8 Å². The van der Waals surface area contributed by atoms with Crippen LogP contribution in [-0.4, -0.2) is 26.8 Å². The number of hydrogen-bond acceptors (Lipinski definition) is 4. The predicted molar refractivity (Wildman–Crippen MR) is 82.7 cm³/mol. The third-order valence-electron chi connectivity index (χ3n) is 2.76. The highest BCUT2D eigenvalue weighted by Gasteiger charge is 2.17. The smallest absolute Gasteiger partial charge is 0.0738 e. The van der Waals surface area contributed by atoms with Crippen LogP contribution in [0.1, 0.15) is 32.2 Å². The van der Waals surface area contributed by atoms with Crippen molar-refractivity contribution in [3.05, 3.63) is 15.9 Å². The summed E-state index contributed by atoms with van der Waals surface area (Å²) < 4.78 is 3.16. The molecule has 4 nitrogen and oxygen atoms in total. The summed E-state index contributed by atoms with van der Waals surface area (Å²) in [4.78, 5) is 0. The van der Waals surface area contributed by atoms with E-state index in [0.717, 1.165) is 28.9 Å².